The summed E-state index contributed by atoms with van der Waals surface area (Å²) in [6.45, 7) is 5.96. The molecule has 1 aromatic heterocycles. The third-order valence-corrected chi connectivity index (χ3v) is 1.52. The van der Waals surface area contributed by atoms with Gasteiger partial charge in [-0.05, 0) is 19.2 Å². The molecule has 0 aliphatic rings. The van der Waals surface area contributed by atoms with Crippen LogP contribution < -0.4 is 0 Å². The highest BCUT2D eigenvalue weighted by Crippen LogP contribution is 2.05. The first-order valence-electron chi connectivity index (χ1n) is 3.66. The van der Waals surface area contributed by atoms with Gasteiger partial charge in [-0.25, -0.2) is 9.97 Å². The second-order valence-corrected chi connectivity index (χ2v) is 2.46. The molecule has 0 unspecified atom stereocenters. The number of nitrogens with zero attached hydrogens (tertiary/aromatic N) is 2. The lowest BCUT2D eigenvalue weighted by Crippen LogP contribution is -1.85. The predicted octanol–water partition coefficient (Wildman–Crippen LogP) is 2.53. The van der Waals surface area contributed by atoms with Crippen LogP contribution in [0.2, 0.25) is 0 Å². The third-order valence-electron chi connectivity index (χ3n) is 0.955. The molecular formula is C8H14N2S. The summed E-state index contributed by atoms with van der Waals surface area (Å²) in [5, 5.41) is 0.843. The molecule has 0 radical (unpaired) electrons. The lowest BCUT2D eigenvalue weighted by molar-refractivity contribution is 0.935. The van der Waals surface area contributed by atoms with Crippen molar-refractivity contribution in [3.8, 4) is 0 Å². The summed E-state index contributed by atoms with van der Waals surface area (Å²) in [6.07, 6.45) is 3.74. The summed E-state index contributed by atoms with van der Waals surface area (Å²) in [4.78, 5) is 8.15. The number of thioether (sulfide) groups is 1. The molecule has 0 aliphatic heterocycles. The van der Waals surface area contributed by atoms with E-state index in [2.05, 4.69) is 9.97 Å². The van der Waals surface area contributed by atoms with Gasteiger partial charge in [-0.15, -0.1) is 0 Å². The SMILES string of the molecule is CC.CSc1nccc(C)n1. The van der Waals surface area contributed by atoms with Crippen LogP contribution in [-0.4, -0.2) is 16.2 Å². The molecular weight excluding hydrogens is 156 g/mol. The molecule has 0 saturated carbocycles. The van der Waals surface area contributed by atoms with Crippen LogP contribution in [0, 0.1) is 6.92 Å². The quantitative estimate of drug-likeness (QED) is 0.478. The molecule has 62 valence electrons. The molecule has 1 heterocycles. The first kappa shape index (κ1) is 10.4. The van der Waals surface area contributed by atoms with Crippen LogP contribution >= 0.6 is 11.8 Å². The maximum Gasteiger partial charge on any atom is 0.187 e. The van der Waals surface area contributed by atoms with Gasteiger partial charge < -0.3 is 0 Å². The van der Waals surface area contributed by atoms with Crippen molar-refractivity contribution < 1.29 is 0 Å². The maximum atomic E-state index is 4.14. The minimum atomic E-state index is 0.843. The highest BCUT2D eigenvalue weighted by molar-refractivity contribution is 7.98. The Hall–Kier alpha value is -0.570. The summed E-state index contributed by atoms with van der Waals surface area (Å²) >= 11 is 1.56. The summed E-state index contributed by atoms with van der Waals surface area (Å²) < 4.78 is 0. The van der Waals surface area contributed by atoms with E-state index in [-0.39, 0.29) is 0 Å². The molecule has 1 rings (SSSR count). The summed E-state index contributed by atoms with van der Waals surface area (Å²) in [5.41, 5.74) is 1.02. The van der Waals surface area contributed by atoms with Gasteiger partial charge in [-0.1, -0.05) is 25.6 Å². The summed E-state index contributed by atoms with van der Waals surface area (Å²) in [5.74, 6) is 0. The van der Waals surface area contributed by atoms with Crippen molar-refractivity contribution in [3.63, 3.8) is 0 Å². The van der Waals surface area contributed by atoms with Gasteiger partial charge in [0.2, 0.25) is 0 Å². The molecule has 11 heavy (non-hydrogen) atoms. The average Bonchev–Trinajstić information content (AvgIpc) is 2.08. The molecule has 1 aromatic rings. The van der Waals surface area contributed by atoms with Crippen molar-refractivity contribution >= 4 is 11.8 Å². The topological polar surface area (TPSA) is 25.8 Å². The van der Waals surface area contributed by atoms with E-state index in [1.54, 1.807) is 18.0 Å². The summed E-state index contributed by atoms with van der Waals surface area (Å²) in [7, 11) is 0. The van der Waals surface area contributed by atoms with Crippen molar-refractivity contribution in [2.75, 3.05) is 6.26 Å². The van der Waals surface area contributed by atoms with Gasteiger partial charge in [0.25, 0.3) is 0 Å². The van der Waals surface area contributed by atoms with Crippen LogP contribution in [0.5, 0.6) is 0 Å². The number of hydrogen-bond donors (Lipinski definition) is 0. The maximum absolute atomic E-state index is 4.14. The summed E-state index contributed by atoms with van der Waals surface area (Å²) in [6, 6.07) is 1.89. The van der Waals surface area contributed by atoms with Gasteiger partial charge in [0.1, 0.15) is 0 Å². The van der Waals surface area contributed by atoms with Gasteiger partial charge in [0, 0.05) is 11.9 Å². The van der Waals surface area contributed by atoms with Gasteiger partial charge in [0.05, 0.1) is 0 Å². The lowest BCUT2D eigenvalue weighted by Gasteiger charge is -1.92. The molecule has 3 heteroatoms. The minimum Gasteiger partial charge on any atom is -0.231 e. The largest absolute Gasteiger partial charge is 0.231 e. The second-order valence-electron chi connectivity index (χ2n) is 1.68. The van der Waals surface area contributed by atoms with Gasteiger partial charge in [-0.2, -0.15) is 0 Å². The fourth-order valence-corrected chi connectivity index (χ4v) is 0.926. The first-order chi connectivity index (χ1) is 5.33. The van der Waals surface area contributed by atoms with Gasteiger partial charge >= 0.3 is 0 Å². The first-order valence-corrected chi connectivity index (χ1v) is 4.89. The van der Waals surface area contributed by atoms with Gasteiger partial charge in [0.15, 0.2) is 5.16 Å². The number of aromatic nitrogens is 2. The van der Waals surface area contributed by atoms with Crippen molar-refractivity contribution in [2.45, 2.75) is 25.9 Å². The monoisotopic (exact) mass is 170 g/mol. The van der Waals surface area contributed by atoms with Crippen molar-refractivity contribution in [3.05, 3.63) is 18.0 Å². The van der Waals surface area contributed by atoms with Crippen LogP contribution in [-0.2, 0) is 0 Å². The molecule has 0 N–H and O–H groups in total. The van der Waals surface area contributed by atoms with E-state index in [1.807, 2.05) is 33.1 Å². The Morgan fingerprint density at radius 3 is 2.36 bits per heavy atom. The zero-order valence-electron chi connectivity index (χ0n) is 7.46. The minimum absolute atomic E-state index is 0.843. The average molecular weight is 170 g/mol. The number of aryl methyl sites for hydroxylation is 1. The normalized spacial score (nSPS) is 8.36. The zero-order chi connectivity index (χ0) is 8.69. The molecule has 0 aromatic carbocycles. The highest BCUT2D eigenvalue weighted by atomic mass is 32.2. The predicted molar refractivity (Wildman–Crippen MR) is 49.9 cm³/mol. The molecule has 2 nitrogen and oxygen atoms in total. The fraction of sp³-hybridized carbons (Fsp3) is 0.500. The third kappa shape index (κ3) is 3.98. The van der Waals surface area contributed by atoms with Crippen molar-refractivity contribution in [2.24, 2.45) is 0 Å². The van der Waals surface area contributed by atoms with E-state index in [4.69, 9.17) is 0 Å². The highest BCUT2D eigenvalue weighted by Gasteiger charge is 1.89. The van der Waals surface area contributed by atoms with Crippen LogP contribution in [0.1, 0.15) is 19.5 Å². The van der Waals surface area contributed by atoms with Crippen molar-refractivity contribution in [1.82, 2.24) is 9.97 Å². The molecule has 0 saturated heterocycles. The molecule has 0 atom stereocenters. The molecule has 0 aliphatic carbocycles. The van der Waals surface area contributed by atoms with E-state index in [0.717, 1.165) is 10.9 Å². The zero-order valence-corrected chi connectivity index (χ0v) is 8.27. The second kappa shape index (κ2) is 6.16. The Balaban J connectivity index is 0.000000461. The Morgan fingerprint density at radius 2 is 2.00 bits per heavy atom. The van der Waals surface area contributed by atoms with E-state index in [9.17, 15) is 0 Å². The Labute approximate surface area is 72.5 Å². The Bertz CT molecular complexity index is 201. The van der Waals surface area contributed by atoms with E-state index < -0.39 is 0 Å². The van der Waals surface area contributed by atoms with E-state index in [0.29, 0.717) is 0 Å². The molecule has 0 spiro atoms. The molecule has 0 amide bonds. The lowest BCUT2D eigenvalue weighted by atomic mass is 10.5. The van der Waals surface area contributed by atoms with Crippen molar-refractivity contribution in [1.29, 1.82) is 0 Å². The van der Waals surface area contributed by atoms with Crippen LogP contribution in [0.4, 0.5) is 0 Å². The van der Waals surface area contributed by atoms with Gasteiger partial charge in [-0.3, -0.25) is 0 Å². The number of hydrogen-bond acceptors (Lipinski definition) is 3. The standard InChI is InChI=1S/C6H8N2S.C2H6/c1-5-3-4-7-6(8-5)9-2;1-2/h3-4H,1-2H3;1-2H3. The molecule has 0 fully saturated rings. The van der Waals surface area contributed by atoms with E-state index >= 15 is 0 Å². The Kier molecular flexibility index (Phi) is 5.84. The fourth-order valence-electron chi connectivity index (χ4n) is 0.524. The Morgan fingerprint density at radius 1 is 1.36 bits per heavy atom. The smallest absolute Gasteiger partial charge is 0.187 e. The van der Waals surface area contributed by atoms with Crippen LogP contribution in [0.3, 0.4) is 0 Å². The van der Waals surface area contributed by atoms with E-state index in [1.165, 1.54) is 0 Å². The molecule has 0 bridgehead atoms. The van der Waals surface area contributed by atoms with Crippen LogP contribution in [0.25, 0.3) is 0 Å². The van der Waals surface area contributed by atoms with Crippen LogP contribution in [0.15, 0.2) is 17.4 Å². The number of rotatable bonds is 1.